The molecule has 2 nitrogen and oxygen atoms in total. The van der Waals surface area contributed by atoms with Gasteiger partial charge in [-0.1, -0.05) is 13.8 Å². The summed E-state index contributed by atoms with van der Waals surface area (Å²) in [5, 5.41) is 6.88. The fourth-order valence-corrected chi connectivity index (χ4v) is 1.21. The second kappa shape index (κ2) is 3.18. The van der Waals surface area contributed by atoms with Gasteiger partial charge < -0.3 is 5.32 Å². The van der Waals surface area contributed by atoms with E-state index in [0.717, 1.165) is 12.6 Å². The molecule has 1 heterocycles. The molecule has 9 heavy (non-hydrogen) atoms. The third-order valence-electron chi connectivity index (χ3n) is 1.95. The van der Waals surface area contributed by atoms with E-state index >= 15 is 0 Å². The van der Waals surface area contributed by atoms with E-state index in [9.17, 15) is 0 Å². The van der Waals surface area contributed by atoms with Crippen molar-refractivity contribution in [3.8, 4) is 0 Å². The number of hydrogen-bond acceptors (Lipinski definition) is 2. The highest BCUT2D eigenvalue weighted by molar-refractivity contribution is 4.80. The van der Waals surface area contributed by atoms with Crippen molar-refractivity contribution in [2.24, 2.45) is 0 Å². The van der Waals surface area contributed by atoms with E-state index in [-0.39, 0.29) is 0 Å². The lowest BCUT2D eigenvalue weighted by molar-refractivity contribution is 0.501. The molecule has 2 heteroatoms. The Morgan fingerprint density at radius 1 is 1.33 bits per heavy atom. The Balaban J connectivity index is 2.20. The molecule has 54 valence electrons. The molecule has 1 fully saturated rings. The molecule has 0 amide bonds. The molecule has 1 aliphatic rings. The van der Waals surface area contributed by atoms with E-state index in [4.69, 9.17) is 0 Å². The van der Waals surface area contributed by atoms with Crippen molar-refractivity contribution in [1.29, 1.82) is 0 Å². The van der Waals surface area contributed by atoms with Gasteiger partial charge in [0.05, 0.1) is 6.17 Å². The SMILES string of the molecule is CC[C@@H]1CN[C@H](CC)N1. The van der Waals surface area contributed by atoms with Crippen molar-refractivity contribution in [3.05, 3.63) is 0 Å². The van der Waals surface area contributed by atoms with Crippen molar-refractivity contribution in [2.45, 2.75) is 38.9 Å². The van der Waals surface area contributed by atoms with Crippen molar-refractivity contribution in [1.82, 2.24) is 10.6 Å². The molecule has 0 aromatic carbocycles. The average Bonchev–Trinajstić information content (AvgIpc) is 2.34. The highest BCUT2D eigenvalue weighted by Crippen LogP contribution is 2.00. The monoisotopic (exact) mass is 128 g/mol. The standard InChI is InChI=1S/C7H16N2/c1-3-6-5-8-7(4-2)9-6/h6-9H,3-5H2,1-2H3/t6-,7+/m1/s1. The van der Waals surface area contributed by atoms with E-state index in [0.29, 0.717) is 6.17 Å². The van der Waals surface area contributed by atoms with E-state index in [1.165, 1.54) is 12.8 Å². The van der Waals surface area contributed by atoms with Crippen LogP contribution in [0.2, 0.25) is 0 Å². The first kappa shape index (κ1) is 7.03. The van der Waals surface area contributed by atoms with Crippen molar-refractivity contribution < 1.29 is 0 Å². The topological polar surface area (TPSA) is 24.1 Å². The van der Waals surface area contributed by atoms with Crippen LogP contribution in [0.15, 0.2) is 0 Å². The molecular weight excluding hydrogens is 112 g/mol. The Morgan fingerprint density at radius 3 is 2.44 bits per heavy atom. The third kappa shape index (κ3) is 1.66. The first-order valence-corrected chi connectivity index (χ1v) is 3.86. The van der Waals surface area contributed by atoms with Gasteiger partial charge in [0.25, 0.3) is 0 Å². The van der Waals surface area contributed by atoms with Crippen molar-refractivity contribution >= 4 is 0 Å². The van der Waals surface area contributed by atoms with Gasteiger partial charge in [-0.2, -0.15) is 0 Å². The van der Waals surface area contributed by atoms with Gasteiger partial charge in [-0.15, -0.1) is 0 Å². The smallest absolute Gasteiger partial charge is 0.0572 e. The van der Waals surface area contributed by atoms with Crippen LogP contribution < -0.4 is 10.6 Å². The summed E-state index contributed by atoms with van der Waals surface area (Å²) < 4.78 is 0. The summed E-state index contributed by atoms with van der Waals surface area (Å²) in [5.74, 6) is 0. The molecular formula is C7H16N2. The molecule has 0 saturated carbocycles. The molecule has 1 rings (SSSR count). The number of rotatable bonds is 2. The van der Waals surface area contributed by atoms with E-state index < -0.39 is 0 Å². The third-order valence-corrected chi connectivity index (χ3v) is 1.95. The lowest BCUT2D eigenvalue weighted by Crippen LogP contribution is -2.32. The summed E-state index contributed by atoms with van der Waals surface area (Å²) in [6, 6.07) is 0.718. The quantitative estimate of drug-likeness (QED) is 0.572. The van der Waals surface area contributed by atoms with Crippen LogP contribution in [0.4, 0.5) is 0 Å². The fourth-order valence-electron chi connectivity index (χ4n) is 1.21. The summed E-state index contributed by atoms with van der Waals surface area (Å²) in [4.78, 5) is 0. The van der Waals surface area contributed by atoms with Crippen molar-refractivity contribution in [2.75, 3.05) is 6.54 Å². The van der Waals surface area contributed by atoms with Crippen LogP contribution in [0.1, 0.15) is 26.7 Å². The molecule has 0 aromatic heterocycles. The van der Waals surface area contributed by atoms with Crippen LogP contribution in [0.5, 0.6) is 0 Å². The van der Waals surface area contributed by atoms with E-state index in [1.807, 2.05) is 0 Å². The molecule has 1 aliphatic heterocycles. The lowest BCUT2D eigenvalue weighted by atomic mass is 10.2. The van der Waals surface area contributed by atoms with Crippen LogP contribution in [0.3, 0.4) is 0 Å². The molecule has 0 spiro atoms. The maximum atomic E-state index is 3.48. The summed E-state index contributed by atoms with van der Waals surface area (Å²) in [7, 11) is 0. The predicted molar refractivity (Wildman–Crippen MR) is 39.3 cm³/mol. The van der Waals surface area contributed by atoms with Crippen molar-refractivity contribution in [3.63, 3.8) is 0 Å². The number of hydrogen-bond donors (Lipinski definition) is 2. The largest absolute Gasteiger partial charge is 0.300 e. The van der Waals surface area contributed by atoms with Gasteiger partial charge in [-0.25, -0.2) is 0 Å². The van der Waals surface area contributed by atoms with Gasteiger partial charge >= 0.3 is 0 Å². The summed E-state index contributed by atoms with van der Waals surface area (Å²) in [6.07, 6.45) is 3.01. The second-order valence-corrected chi connectivity index (χ2v) is 2.64. The maximum Gasteiger partial charge on any atom is 0.0572 e. The zero-order valence-corrected chi connectivity index (χ0v) is 6.28. The second-order valence-electron chi connectivity index (χ2n) is 2.64. The Morgan fingerprint density at radius 2 is 2.11 bits per heavy atom. The highest BCUT2D eigenvalue weighted by Gasteiger charge is 2.18. The summed E-state index contributed by atoms with van der Waals surface area (Å²) >= 11 is 0. The minimum absolute atomic E-state index is 0.579. The Bertz CT molecular complexity index is 73.0. The summed E-state index contributed by atoms with van der Waals surface area (Å²) in [6.45, 7) is 5.56. The normalized spacial score (nSPS) is 35.3. The lowest BCUT2D eigenvalue weighted by Gasteiger charge is -2.08. The van der Waals surface area contributed by atoms with Gasteiger partial charge in [-0.3, -0.25) is 5.32 Å². The van der Waals surface area contributed by atoms with Gasteiger partial charge in [0, 0.05) is 12.6 Å². The van der Waals surface area contributed by atoms with Crippen LogP contribution in [0.25, 0.3) is 0 Å². The Labute approximate surface area is 57.0 Å². The first-order valence-electron chi connectivity index (χ1n) is 3.86. The maximum absolute atomic E-state index is 3.48. The van der Waals surface area contributed by atoms with E-state index in [2.05, 4.69) is 24.5 Å². The molecule has 0 radical (unpaired) electrons. The van der Waals surface area contributed by atoms with Crippen LogP contribution in [-0.2, 0) is 0 Å². The number of nitrogens with one attached hydrogen (secondary N) is 2. The van der Waals surface area contributed by atoms with Crippen LogP contribution in [-0.4, -0.2) is 18.8 Å². The van der Waals surface area contributed by atoms with Gasteiger partial charge in [0.2, 0.25) is 0 Å². The summed E-state index contributed by atoms with van der Waals surface area (Å²) in [5.41, 5.74) is 0. The Kier molecular flexibility index (Phi) is 2.49. The zero-order valence-electron chi connectivity index (χ0n) is 6.28. The average molecular weight is 128 g/mol. The minimum Gasteiger partial charge on any atom is -0.300 e. The molecule has 2 atom stereocenters. The molecule has 0 aliphatic carbocycles. The molecule has 2 N–H and O–H groups in total. The fraction of sp³-hybridized carbons (Fsp3) is 1.00. The van der Waals surface area contributed by atoms with Gasteiger partial charge in [0.1, 0.15) is 0 Å². The molecule has 0 unspecified atom stereocenters. The predicted octanol–water partition coefficient (Wildman–Crippen LogP) is 0.694. The first-order chi connectivity index (χ1) is 4.36. The van der Waals surface area contributed by atoms with Gasteiger partial charge in [-0.05, 0) is 12.8 Å². The highest BCUT2D eigenvalue weighted by atomic mass is 15.2. The molecule has 0 aromatic rings. The molecule has 1 saturated heterocycles. The zero-order chi connectivity index (χ0) is 6.69. The minimum atomic E-state index is 0.579. The van der Waals surface area contributed by atoms with Gasteiger partial charge in [0.15, 0.2) is 0 Å². The van der Waals surface area contributed by atoms with E-state index in [1.54, 1.807) is 0 Å². The van der Waals surface area contributed by atoms with Crippen LogP contribution >= 0.6 is 0 Å². The van der Waals surface area contributed by atoms with Crippen LogP contribution in [0, 0.1) is 0 Å². The molecule has 0 bridgehead atoms. The Hall–Kier alpha value is -0.0800.